The van der Waals surface area contributed by atoms with Gasteiger partial charge in [0.25, 0.3) is 0 Å². The SMILES string of the molecule is CC1=Nc2ccccc2C1=Cc1sc(=O)n(CC(=O)N2CCc3ccccc3C2)c1O. The summed E-state index contributed by atoms with van der Waals surface area (Å²) < 4.78 is 1.16. The van der Waals surface area contributed by atoms with Gasteiger partial charge in [0.05, 0.1) is 10.6 Å². The number of thiazole rings is 1. The summed E-state index contributed by atoms with van der Waals surface area (Å²) in [5.74, 6) is -0.349. The second-order valence-electron chi connectivity index (χ2n) is 7.75. The molecule has 2 aliphatic heterocycles. The molecule has 0 spiro atoms. The van der Waals surface area contributed by atoms with Crippen LogP contribution in [0.5, 0.6) is 5.88 Å². The summed E-state index contributed by atoms with van der Waals surface area (Å²) in [7, 11) is 0. The number of aliphatic imine (C=N–C) groups is 1. The Kier molecular flexibility index (Phi) is 4.82. The largest absolute Gasteiger partial charge is 0.493 e. The van der Waals surface area contributed by atoms with E-state index < -0.39 is 0 Å². The van der Waals surface area contributed by atoms with E-state index in [0.717, 1.165) is 50.4 Å². The first-order valence-corrected chi connectivity index (χ1v) is 11.0. The first-order valence-electron chi connectivity index (χ1n) is 10.1. The van der Waals surface area contributed by atoms with Crippen LogP contribution < -0.4 is 4.87 Å². The molecule has 0 saturated carbocycles. The average molecular weight is 432 g/mol. The third kappa shape index (κ3) is 3.51. The van der Waals surface area contributed by atoms with Crippen molar-refractivity contribution < 1.29 is 9.90 Å². The van der Waals surface area contributed by atoms with Crippen LogP contribution in [0.25, 0.3) is 11.6 Å². The van der Waals surface area contributed by atoms with Crippen molar-refractivity contribution in [3.05, 3.63) is 79.8 Å². The van der Waals surface area contributed by atoms with Crippen LogP contribution in [0.1, 0.15) is 28.5 Å². The van der Waals surface area contributed by atoms with Crippen LogP contribution >= 0.6 is 11.3 Å². The van der Waals surface area contributed by atoms with Gasteiger partial charge in [0.2, 0.25) is 11.8 Å². The van der Waals surface area contributed by atoms with E-state index in [0.29, 0.717) is 18.0 Å². The molecule has 0 radical (unpaired) electrons. The van der Waals surface area contributed by atoms with Crippen LogP contribution in [-0.2, 0) is 24.3 Å². The minimum absolute atomic E-state index is 0.170. The number of fused-ring (bicyclic) bond motifs is 2. The number of aromatic hydroxyl groups is 1. The van der Waals surface area contributed by atoms with Crippen molar-refractivity contribution in [2.75, 3.05) is 6.54 Å². The van der Waals surface area contributed by atoms with E-state index in [1.165, 1.54) is 5.56 Å². The smallest absolute Gasteiger partial charge is 0.311 e. The fraction of sp³-hybridized carbons (Fsp3) is 0.208. The fourth-order valence-corrected chi connectivity index (χ4v) is 4.97. The zero-order chi connectivity index (χ0) is 21.5. The summed E-state index contributed by atoms with van der Waals surface area (Å²) in [5.41, 5.74) is 5.93. The van der Waals surface area contributed by atoms with Gasteiger partial charge in [-0.2, -0.15) is 0 Å². The number of rotatable bonds is 3. The van der Waals surface area contributed by atoms with E-state index >= 15 is 0 Å². The van der Waals surface area contributed by atoms with E-state index in [1.807, 2.05) is 49.4 Å². The van der Waals surface area contributed by atoms with Gasteiger partial charge in [0, 0.05) is 29.9 Å². The lowest BCUT2D eigenvalue weighted by Crippen LogP contribution is -2.39. The maximum atomic E-state index is 12.9. The van der Waals surface area contributed by atoms with Gasteiger partial charge in [0.1, 0.15) is 6.54 Å². The molecule has 0 unspecified atom stereocenters. The normalized spacial score (nSPS) is 16.2. The van der Waals surface area contributed by atoms with E-state index in [4.69, 9.17) is 0 Å². The van der Waals surface area contributed by atoms with Crippen LogP contribution in [0.4, 0.5) is 5.69 Å². The predicted molar refractivity (Wildman–Crippen MR) is 123 cm³/mol. The Morgan fingerprint density at radius 3 is 2.74 bits per heavy atom. The third-order valence-electron chi connectivity index (χ3n) is 5.82. The summed E-state index contributed by atoms with van der Waals surface area (Å²) in [6.45, 7) is 2.87. The number of nitrogens with zero attached hydrogens (tertiary/aromatic N) is 3. The highest BCUT2D eigenvalue weighted by Crippen LogP contribution is 2.37. The lowest BCUT2D eigenvalue weighted by molar-refractivity contribution is -0.132. The number of hydrogen-bond acceptors (Lipinski definition) is 5. The first kappa shape index (κ1) is 19.5. The fourth-order valence-electron chi connectivity index (χ4n) is 4.14. The Hall–Kier alpha value is -3.45. The lowest BCUT2D eigenvalue weighted by Gasteiger charge is -2.29. The molecule has 2 aliphatic rings. The molecule has 0 aliphatic carbocycles. The van der Waals surface area contributed by atoms with Gasteiger partial charge in [-0.1, -0.05) is 53.8 Å². The first-order chi connectivity index (χ1) is 15.0. The number of allylic oxidation sites excluding steroid dienone is 1. The van der Waals surface area contributed by atoms with Gasteiger partial charge in [0.15, 0.2) is 0 Å². The molecule has 7 heteroatoms. The molecule has 1 amide bonds. The Morgan fingerprint density at radius 1 is 1.16 bits per heavy atom. The van der Waals surface area contributed by atoms with Crippen LogP contribution in [0, 0.1) is 0 Å². The van der Waals surface area contributed by atoms with Crippen LogP contribution in [0.2, 0.25) is 0 Å². The number of hydrogen-bond donors (Lipinski definition) is 1. The molecule has 0 atom stereocenters. The molecular weight excluding hydrogens is 410 g/mol. The predicted octanol–water partition coefficient (Wildman–Crippen LogP) is 3.85. The zero-order valence-corrected chi connectivity index (χ0v) is 17.9. The minimum Gasteiger partial charge on any atom is -0.493 e. The third-order valence-corrected chi connectivity index (χ3v) is 6.73. The van der Waals surface area contributed by atoms with Crippen molar-refractivity contribution >= 4 is 40.3 Å². The summed E-state index contributed by atoms with van der Waals surface area (Å²) >= 11 is 0.937. The van der Waals surface area contributed by atoms with Crippen molar-refractivity contribution in [3.63, 3.8) is 0 Å². The van der Waals surface area contributed by atoms with Crippen LogP contribution in [0.3, 0.4) is 0 Å². The molecular formula is C24H21N3O3S. The second kappa shape index (κ2) is 7.67. The van der Waals surface area contributed by atoms with Crippen molar-refractivity contribution in [3.8, 4) is 5.88 Å². The monoisotopic (exact) mass is 431 g/mol. The molecule has 31 heavy (non-hydrogen) atoms. The molecule has 6 nitrogen and oxygen atoms in total. The Balaban J connectivity index is 1.40. The highest BCUT2D eigenvalue weighted by molar-refractivity contribution is 7.10. The average Bonchev–Trinajstić information content (AvgIpc) is 3.24. The van der Waals surface area contributed by atoms with Crippen molar-refractivity contribution in [1.29, 1.82) is 0 Å². The van der Waals surface area contributed by atoms with Crippen molar-refractivity contribution in [2.45, 2.75) is 26.4 Å². The second-order valence-corrected chi connectivity index (χ2v) is 8.74. The van der Waals surface area contributed by atoms with Gasteiger partial charge in [-0.05, 0) is 36.6 Å². The molecule has 5 rings (SSSR count). The number of carbonyl (C=O) groups excluding carboxylic acids is 1. The molecule has 3 aromatic rings. The van der Waals surface area contributed by atoms with E-state index in [1.54, 1.807) is 11.0 Å². The Morgan fingerprint density at radius 2 is 1.90 bits per heavy atom. The van der Waals surface area contributed by atoms with E-state index in [-0.39, 0.29) is 23.2 Å². The topological polar surface area (TPSA) is 74.9 Å². The number of para-hydroxylation sites is 1. The molecule has 1 aromatic heterocycles. The van der Waals surface area contributed by atoms with Gasteiger partial charge in [-0.25, -0.2) is 0 Å². The van der Waals surface area contributed by atoms with Gasteiger partial charge < -0.3 is 10.0 Å². The molecule has 2 aromatic carbocycles. The summed E-state index contributed by atoms with van der Waals surface area (Å²) in [6, 6.07) is 15.8. The van der Waals surface area contributed by atoms with Gasteiger partial charge in [-0.15, -0.1) is 0 Å². The quantitative estimate of drug-likeness (QED) is 0.685. The number of carbonyl (C=O) groups is 1. The summed E-state index contributed by atoms with van der Waals surface area (Å²) in [5, 5.41) is 10.7. The molecule has 1 N–H and O–H groups in total. The maximum Gasteiger partial charge on any atom is 0.311 e. The van der Waals surface area contributed by atoms with Crippen molar-refractivity contribution in [1.82, 2.24) is 9.47 Å². The molecule has 156 valence electrons. The molecule has 0 saturated heterocycles. The minimum atomic E-state index is -0.351. The number of aromatic nitrogens is 1. The number of amides is 1. The van der Waals surface area contributed by atoms with Gasteiger partial charge >= 0.3 is 4.87 Å². The number of benzene rings is 2. The summed E-state index contributed by atoms with van der Waals surface area (Å²) in [4.78, 5) is 31.8. The molecule has 3 heterocycles. The van der Waals surface area contributed by atoms with Crippen LogP contribution in [-0.4, -0.2) is 32.7 Å². The standard InChI is InChI=1S/C24H21N3O3S/c1-15-19(18-8-4-5-9-20(18)25-15)12-21-23(29)27(24(30)31-21)14-22(28)26-11-10-16-6-2-3-7-17(16)13-26/h2-9,12,29H,10-11,13-14H2,1H3. The maximum absolute atomic E-state index is 12.9. The highest BCUT2D eigenvalue weighted by Gasteiger charge is 2.24. The molecule has 0 fully saturated rings. The lowest BCUT2D eigenvalue weighted by atomic mass is 10.00. The zero-order valence-electron chi connectivity index (χ0n) is 17.0. The Labute approximate surface area is 183 Å². The Bertz CT molecular complexity index is 1320. The van der Waals surface area contributed by atoms with E-state index in [2.05, 4.69) is 11.1 Å². The van der Waals surface area contributed by atoms with Crippen molar-refractivity contribution in [2.24, 2.45) is 4.99 Å². The molecule has 0 bridgehead atoms. The summed E-state index contributed by atoms with van der Waals surface area (Å²) in [6.07, 6.45) is 2.58. The van der Waals surface area contributed by atoms with Gasteiger partial charge in [-0.3, -0.25) is 19.1 Å². The van der Waals surface area contributed by atoms with Crippen LogP contribution in [0.15, 0.2) is 58.3 Å². The highest BCUT2D eigenvalue weighted by atomic mass is 32.1. The van der Waals surface area contributed by atoms with E-state index in [9.17, 15) is 14.7 Å².